The fraction of sp³-hybridized carbons (Fsp3) is 0.500. The standard InChI is InChI=1S/C8H9N5/c1-8(2-3-8)6-11-12-7-9-4-5-10-13(6)7/h4-5H,2-3H2,1H3. The lowest BCUT2D eigenvalue weighted by Gasteiger charge is -2.02. The van der Waals surface area contributed by atoms with E-state index in [4.69, 9.17) is 0 Å². The Bertz CT molecular complexity index is 456. The van der Waals surface area contributed by atoms with Crippen LogP contribution in [-0.4, -0.2) is 24.8 Å². The van der Waals surface area contributed by atoms with Crippen molar-refractivity contribution >= 4 is 5.78 Å². The summed E-state index contributed by atoms with van der Waals surface area (Å²) in [5.41, 5.74) is 0.190. The minimum absolute atomic E-state index is 0.190. The molecule has 0 aromatic carbocycles. The second-order valence-corrected chi connectivity index (χ2v) is 3.74. The third-order valence-corrected chi connectivity index (χ3v) is 2.60. The van der Waals surface area contributed by atoms with Crippen LogP contribution in [0.5, 0.6) is 0 Å². The molecule has 2 aromatic rings. The van der Waals surface area contributed by atoms with E-state index >= 15 is 0 Å². The summed E-state index contributed by atoms with van der Waals surface area (Å²) in [7, 11) is 0. The average molecular weight is 175 g/mol. The lowest BCUT2D eigenvalue weighted by atomic mass is 10.1. The number of hydrogen-bond donors (Lipinski definition) is 0. The first-order valence-electron chi connectivity index (χ1n) is 4.32. The van der Waals surface area contributed by atoms with E-state index in [1.54, 1.807) is 16.9 Å². The van der Waals surface area contributed by atoms with Crippen LogP contribution in [0.4, 0.5) is 0 Å². The first kappa shape index (κ1) is 6.94. The van der Waals surface area contributed by atoms with Gasteiger partial charge in [-0.1, -0.05) is 6.92 Å². The first-order valence-corrected chi connectivity index (χ1v) is 4.32. The Labute approximate surface area is 74.8 Å². The first-order chi connectivity index (χ1) is 6.30. The average Bonchev–Trinajstić information content (AvgIpc) is 2.76. The van der Waals surface area contributed by atoms with Crippen LogP contribution in [0.3, 0.4) is 0 Å². The van der Waals surface area contributed by atoms with Gasteiger partial charge < -0.3 is 0 Å². The van der Waals surface area contributed by atoms with Crippen molar-refractivity contribution in [3.8, 4) is 0 Å². The van der Waals surface area contributed by atoms with Crippen LogP contribution in [0.15, 0.2) is 12.4 Å². The van der Waals surface area contributed by atoms with E-state index in [9.17, 15) is 0 Å². The maximum Gasteiger partial charge on any atom is 0.271 e. The number of rotatable bonds is 1. The highest BCUT2D eigenvalue weighted by Gasteiger charge is 2.43. The summed E-state index contributed by atoms with van der Waals surface area (Å²) in [5.74, 6) is 1.53. The Kier molecular flexibility index (Phi) is 1.09. The van der Waals surface area contributed by atoms with Gasteiger partial charge in [-0.15, -0.1) is 10.2 Å². The number of aromatic nitrogens is 5. The lowest BCUT2D eigenvalue weighted by molar-refractivity contribution is 0.665. The van der Waals surface area contributed by atoms with Crippen molar-refractivity contribution in [2.24, 2.45) is 0 Å². The summed E-state index contributed by atoms with van der Waals surface area (Å²) >= 11 is 0. The van der Waals surface area contributed by atoms with Crippen molar-refractivity contribution in [3.63, 3.8) is 0 Å². The molecule has 1 saturated carbocycles. The summed E-state index contributed by atoms with van der Waals surface area (Å²) in [6, 6.07) is 0. The summed E-state index contributed by atoms with van der Waals surface area (Å²) in [5, 5.41) is 12.3. The predicted molar refractivity (Wildman–Crippen MR) is 45.2 cm³/mol. The Hall–Kier alpha value is -1.52. The maximum absolute atomic E-state index is 4.18. The molecule has 5 nitrogen and oxygen atoms in total. The van der Waals surface area contributed by atoms with Crippen LogP contribution in [0.1, 0.15) is 25.6 Å². The Morgan fingerprint density at radius 1 is 1.31 bits per heavy atom. The second-order valence-electron chi connectivity index (χ2n) is 3.74. The maximum atomic E-state index is 4.18. The quantitative estimate of drug-likeness (QED) is 0.635. The zero-order valence-corrected chi connectivity index (χ0v) is 7.30. The number of nitrogens with zero attached hydrogens (tertiary/aromatic N) is 5. The molecule has 1 aliphatic rings. The van der Waals surface area contributed by atoms with Gasteiger partial charge in [-0.05, 0) is 12.8 Å². The summed E-state index contributed by atoms with van der Waals surface area (Å²) in [6.07, 6.45) is 5.63. The Morgan fingerprint density at radius 2 is 2.15 bits per heavy atom. The summed E-state index contributed by atoms with van der Waals surface area (Å²) in [6.45, 7) is 2.18. The van der Waals surface area contributed by atoms with E-state index < -0.39 is 0 Å². The van der Waals surface area contributed by atoms with E-state index in [1.807, 2.05) is 0 Å². The topological polar surface area (TPSA) is 56.0 Å². The highest BCUT2D eigenvalue weighted by molar-refractivity contribution is 5.28. The fourth-order valence-electron chi connectivity index (χ4n) is 1.44. The van der Waals surface area contributed by atoms with E-state index in [1.165, 1.54) is 12.8 Å². The van der Waals surface area contributed by atoms with Crippen LogP contribution < -0.4 is 0 Å². The molecule has 0 radical (unpaired) electrons. The molecular weight excluding hydrogens is 166 g/mol. The van der Waals surface area contributed by atoms with Crippen molar-refractivity contribution < 1.29 is 0 Å². The predicted octanol–water partition coefficient (Wildman–Crippen LogP) is 0.571. The SMILES string of the molecule is CC1(c2nnc3nccnn23)CC1. The van der Waals surface area contributed by atoms with E-state index in [0.29, 0.717) is 5.78 Å². The smallest absolute Gasteiger partial charge is 0.217 e. The van der Waals surface area contributed by atoms with Crippen LogP contribution in [0.2, 0.25) is 0 Å². The van der Waals surface area contributed by atoms with Gasteiger partial charge in [-0.25, -0.2) is 4.98 Å². The van der Waals surface area contributed by atoms with Crippen LogP contribution >= 0.6 is 0 Å². The van der Waals surface area contributed by atoms with Gasteiger partial charge >= 0.3 is 0 Å². The second kappa shape index (κ2) is 2.04. The largest absolute Gasteiger partial charge is 0.271 e. The molecule has 0 atom stereocenters. The van der Waals surface area contributed by atoms with Crippen molar-refractivity contribution in [3.05, 3.63) is 18.2 Å². The van der Waals surface area contributed by atoms with Crippen LogP contribution in [-0.2, 0) is 5.41 Å². The molecule has 13 heavy (non-hydrogen) atoms. The highest BCUT2D eigenvalue weighted by Crippen LogP contribution is 2.46. The molecule has 0 bridgehead atoms. The monoisotopic (exact) mass is 175 g/mol. The molecular formula is C8H9N5. The Morgan fingerprint density at radius 3 is 2.92 bits per heavy atom. The zero-order valence-electron chi connectivity index (χ0n) is 7.30. The highest BCUT2D eigenvalue weighted by atomic mass is 15.4. The van der Waals surface area contributed by atoms with E-state index in [2.05, 4.69) is 27.2 Å². The van der Waals surface area contributed by atoms with Crippen molar-refractivity contribution in [2.75, 3.05) is 0 Å². The zero-order chi connectivity index (χ0) is 8.89. The van der Waals surface area contributed by atoms with Crippen LogP contribution in [0.25, 0.3) is 5.78 Å². The third-order valence-electron chi connectivity index (χ3n) is 2.60. The Balaban J connectivity index is 2.30. The van der Waals surface area contributed by atoms with Gasteiger partial charge in [-0.3, -0.25) is 0 Å². The van der Waals surface area contributed by atoms with Crippen molar-refractivity contribution in [1.29, 1.82) is 0 Å². The summed E-state index contributed by atoms with van der Waals surface area (Å²) < 4.78 is 1.73. The molecule has 2 heterocycles. The van der Waals surface area contributed by atoms with Gasteiger partial charge in [0, 0.05) is 5.41 Å². The molecule has 5 heteroatoms. The molecule has 0 N–H and O–H groups in total. The van der Waals surface area contributed by atoms with Gasteiger partial charge in [0.1, 0.15) is 0 Å². The molecule has 0 amide bonds. The fourth-order valence-corrected chi connectivity index (χ4v) is 1.44. The van der Waals surface area contributed by atoms with Gasteiger partial charge in [-0.2, -0.15) is 9.61 Å². The van der Waals surface area contributed by atoms with E-state index in [0.717, 1.165) is 5.82 Å². The number of hydrogen-bond acceptors (Lipinski definition) is 4. The molecule has 1 fully saturated rings. The molecule has 3 rings (SSSR count). The molecule has 2 aromatic heterocycles. The molecule has 66 valence electrons. The van der Waals surface area contributed by atoms with Crippen molar-refractivity contribution in [1.82, 2.24) is 24.8 Å². The molecule has 0 saturated heterocycles. The van der Waals surface area contributed by atoms with E-state index in [-0.39, 0.29) is 5.41 Å². The normalized spacial score (nSPS) is 19.2. The van der Waals surface area contributed by atoms with Crippen molar-refractivity contribution in [2.45, 2.75) is 25.2 Å². The molecule has 1 aliphatic carbocycles. The third kappa shape index (κ3) is 0.867. The summed E-state index contributed by atoms with van der Waals surface area (Å²) in [4.78, 5) is 4.07. The molecule has 0 unspecified atom stereocenters. The van der Waals surface area contributed by atoms with Gasteiger partial charge in [0.2, 0.25) is 0 Å². The van der Waals surface area contributed by atoms with Gasteiger partial charge in [0.15, 0.2) is 5.82 Å². The number of fused-ring (bicyclic) bond motifs is 1. The minimum Gasteiger partial charge on any atom is -0.217 e. The van der Waals surface area contributed by atoms with Crippen LogP contribution in [0, 0.1) is 0 Å². The molecule has 0 spiro atoms. The van der Waals surface area contributed by atoms with Gasteiger partial charge in [0.05, 0.1) is 12.4 Å². The lowest BCUT2D eigenvalue weighted by Crippen LogP contribution is -2.08. The molecule has 0 aliphatic heterocycles. The van der Waals surface area contributed by atoms with Gasteiger partial charge in [0.25, 0.3) is 5.78 Å². The minimum atomic E-state index is 0.190.